The molecule has 23 heavy (non-hydrogen) atoms. The lowest BCUT2D eigenvalue weighted by Gasteiger charge is -2.14. The van der Waals surface area contributed by atoms with Crippen molar-refractivity contribution in [1.29, 1.82) is 0 Å². The van der Waals surface area contributed by atoms with Crippen LogP contribution < -0.4 is 15.4 Å². The Labute approximate surface area is 142 Å². The smallest absolute Gasteiger partial charge is 0.191 e. The van der Waals surface area contributed by atoms with Gasteiger partial charge in [0.15, 0.2) is 5.96 Å². The fourth-order valence-corrected chi connectivity index (χ4v) is 2.83. The lowest BCUT2D eigenvalue weighted by Crippen LogP contribution is -2.36. The van der Waals surface area contributed by atoms with Crippen molar-refractivity contribution in [3.8, 4) is 5.75 Å². The predicted octanol–water partition coefficient (Wildman–Crippen LogP) is 3.71. The van der Waals surface area contributed by atoms with Crippen LogP contribution in [0.3, 0.4) is 0 Å². The number of hydrogen-bond acceptors (Lipinski definition) is 3. The highest BCUT2D eigenvalue weighted by Crippen LogP contribution is 2.20. The highest BCUT2D eigenvalue weighted by molar-refractivity contribution is 7.07. The van der Waals surface area contributed by atoms with Gasteiger partial charge in [0.1, 0.15) is 5.75 Å². The van der Waals surface area contributed by atoms with Crippen LogP contribution in [0, 0.1) is 6.92 Å². The molecule has 0 aliphatic rings. The Morgan fingerprint density at radius 1 is 1.22 bits per heavy atom. The van der Waals surface area contributed by atoms with Gasteiger partial charge in [0.25, 0.3) is 0 Å². The van der Waals surface area contributed by atoms with Gasteiger partial charge in [0.05, 0.1) is 13.2 Å². The summed E-state index contributed by atoms with van der Waals surface area (Å²) in [6, 6.07) is 8.39. The third kappa shape index (κ3) is 5.60. The minimum atomic E-state index is 0.669. The minimum absolute atomic E-state index is 0.669. The van der Waals surface area contributed by atoms with Crippen LogP contribution in [0.25, 0.3) is 0 Å². The number of rotatable bonds is 7. The zero-order valence-electron chi connectivity index (χ0n) is 14.1. The molecule has 0 aliphatic heterocycles. The summed E-state index contributed by atoms with van der Waals surface area (Å²) in [6.07, 6.45) is 0. The zero-order valence-corrected chi connectivity index (χ0v) is 14.9. The summed E-state index contributed by atoms with van der Waals surface area (Å²) in [7, 11) is 0. The molecule has 124 valence electrons. The molecule has 0 aliphatic carbocycles. The second kappa shape index (κ2) is 9.20. The molecular formula is C18H25N3OS. The number of aliphatic imine (C=N–C) groups is 1. The third-order valence-electron chi connectivity index (χ3n) is 3.31. The number of benzene rings is 1. The van der Waals surface area contributed by atoms with Crippen molar-refractivity contribution >= 4 is 17.3 Å². The van der Waals surface area contributed by atoms with E-state index in [9.17, 15) is 0 Å². The van der Waals surface area contributed by atoms with E-state index in [4.69, 9.17) is 4.74 Å². The molecule has 0 saturated carbocycles. The molecule has 2 rings (SSSR count). The second-order valence-electron chi connectivity index (χ2n) is 5.22. The molecule has 2 N–H and O–H groups in total. The first kappa shape index (κ1) is 17.3. The fourth-order valence-electron chi connectivity index (χ4n) is 2.17. The number of nitrogens with one attached hydrogen (secondary N) is 2. The summed E-state index contributed by atoms with van der Waals surface area (Å²) in [4.78, 5) is 4.62. The van der Waals surface area contributed by atoms with E-state index >= 15 is 0 Å². The second-order valence-corrected chi connectivity index (χ2v) is 6.00. The molecule has 0 unspecified atom stereocenters. The molecule has 2 aromatic rings. The molecule has 0 atom stereocenters. The van der Waals surface area contributed by atoms with Gasteiger partial charge in [-0.25, -0.2) is 4.99 Å². The Balaban J connectivity index is 2.02. The first-order valence-electron chi connectivity index (χ1n) is 7.98. The molecule has 1 heterocycles. The zero-order chi connectivity index (χ0) is 16.5. The molecule has 0 fully saturated rings. The van der Waals surface area contributed by atoms with Crippen LogP contribution in [-0.4, -0.2) is 19.1 Å². The molecule has 0 bridgehead atoms. The summed E-state index contributed by atoms with van der Waals surface area (Å²) >= 11 is 1.70. The van der Waals surface area contributed by atoms with Crippen LogP contribution in [0.1, 0.15) is 30.5 Å². The van der Waals surface area contributed by atoms with Gasteiger partial charge in [-0.2, -0.15) is 11.3 Å². The Kier molecular flexibility index (Phi) is 6.94. The summed E-state index contributed by atoms with van der Waals surface area (Å²) < 4.78 is 5.73. The number of nitrogens with zero attached hydrogens (tertiary/aromatic N) is 1. The number of aryl methyl sites for hydroxylation is 1. The van der Waals surface area contributed by atoms with E-state index in [2.05, 4.69) is 64.5 Å². The van der Waals surface area contributed by atoms with Crippen LogP contribution in [0.5, 0.6) is 5.75 Å². The highest BCUT2D eigenvalue weighted by Gasteiger charge is 2.05. The van der Waals surface area contributed by atoms with Crippen molar-refractivity contribution < 1.29 is 4.74 Å². The van der Waals surface area contributed by atoms with Crippen molar-refractivity contribution in [3.63, 3.8) is 0 Å². The van der Waals surface area contributed by atoms with Crippen LogP contribution in [-0.2, 0) is 13.1 Å². The van der Waals surface area contributed by atoms with Crippen molar-refractivity contribution in [2.24, 2.45) is 4.99 Å². The molecule has 4 nitrogen and oxygen atoms in total. The summed E-state index contributed by atoms with van der Waals surface area (Å²) in [6.45, 7) is 9.03. The van der Waals surface area contributed by atoms with Crippen molar-refractivity contribution in [2.45, 2.75) is 33.9 Å². The van der Waals surface area contributed by atoms with Crippen LogP contribution in [0.15, 0.2) is 40.0 Å². The van der Waals surface area contributed by atoms with E-state index in [1.54, 1.807) is 11.3 Å². The minimum Gasteiger partial charge on any atom is -0.494 e. The Hall–Kier alpha value is -2.01. The third-order valence-corrected chi connectivity index (χ3v) is 4.04. The van der Waals surface area contributed by atoms with E-state index < -0.39 is 0 Å². The largest absolute Gasteiger partial charge is 0.494 e. The van der Waals surface area contributed by atoms with E-state index in [1.165, 1.54) is 11.1 Å². The van der Waals surface area contributed by atoms with Crippen molar-refractivity contribution in [3.05, 3.63) is 51.7 Å². The maximum Gasteiger partial charge on any atom is 0.191 e. The van der Waals surface area contributed by atoms with Crippen LogP contribution in [0.4, 0.5) is 0 Å². The Bertz CT molecular complexity index is 623. The molecule has 1 aromatic carbocycles. The SMILES string of the molecule is CCNC(=NCc1ccsc1)NCc1ccc(C)cc1OCC. The maximum absolute atomic E-state index is 5.73. The van der Waals surface area contributed by atoms with Gasteiger partial charge >= 0.3 is 0 Å². The number of hydrogen-bond donors (Lipinski definition) is 2. The highest BCUT2D eigenvalue weighted by atomic mass is 32.1. The van der Waals surface area contributed by atoms with Gasteiger partial charge in [-0.05, 0) is 54.8 Å². The molecule has 1 aromatic heterocycles. The maximum atomic E-state index is 5.73. The lowest BCUT2D eigenvalue weighted by molar-refractivity contribution is 0.336. The molecule has 0 amide bonds. The lowest BCUT2D eigenvalue weighted by atomic mass is 10.1. The van der Waals surface area contributed by atoms with E-state index in [0.717, 1.165) is 23.8 Å². The Morgan fingerprint density at radius 3 is 2.78 bits per heavy atom. The quantitative estimate of drug-likeness (QED) is 0.600. The van der Waals surface area contributed by atoms with Gasteiger partial charge in [0, 0.05) is 18.7 Å². The molecule has 5 heteroatoms. The molecule has 0 saturated heterocycles. The Morgan fingerprint density at radius 2 is 2.09 bits per heavy atom. The monoisotopic (exact) mass is 331 g/mol. The summed E-state index contributed by atoms with van der Waals surface area (Å²) in [5, 5.41) is 10.9. The number of guanidine groups is 1. The van der Waals surface area contributed by atoms with Crippen LogP contribution >= 0.6 is 11.3 Å². The normalized spacial score (nSPS) is 11.3. The van der Waals surface area contributed by atoms with Gasteiger partial charge in [-0.15, -0.1) is 0 Å². The fraction of sp³-hybridized carbons (Fsp3) is 0.389. The topological polar surface area (TPSA) is 45.7 Å². The van der Waals surface area contributed by atoms with Gasteiger partial charge < -0.3 is 15.4 Å². The molecular weight excluding hydrogens is 306 g/mol. The first-order valence-corrected chi connectivity index (χ1v) is 8.92. The van der Waals surface area contributed by atoms with Crippen molar-refractivity contribution in [2.75, 3.05) is 13.2 Å². The number of thiophene rings is 1. The van der Waals surface area contributed by atoms with E-state index in [0.29, 0.717) is 19.7 Å². The van der Waals surface area contributed by atoms with Gasteiger partial charge in [-0.3, -0.25) is 0 Å². The predicted molar refractivity (Wildman–Crippen MR) is 98.3 cm³/mol. The molecule has 0 radical (unpaired) electrons. The van der Waals surface area contributed by atoms with E-state index in [1.807, 2.05) is 6.92 Å². The average molecular weight is 331 g/mol. The average Bonchev–Trinajstić information content (AvgIpc) is 3.05. The first-order chi connectivity index (χ1) is 11.2. The summed E-state index contributed by atoms with van der Waals surface area (Å²) in [5.41, 5.74) is 3.58. The van der Waals surface area contributed by atoms with Crippen molar-refractivity contribution in [1.82, 2.24) is 10.6 Å². The summed E-state index contributed by atoms with van der Waals surface area (Å²) in [5.74, 6) is 1.76. The molecule has 0 spiro atoms. The van der Waals surface area contributed by atoms with E-state index in [-0.39, 0.29) is 0 Å². The van der Waals surface area contributed by atoms with Gasteiger partial charge in [-0.1, -0.05) is 12.1 Å². The standard InChI is InChI=1S/C18H25N3OS/c1-4-19-18(20-11-15-8-9-23-13-15)21-12-16-7-6-14(3)10-17(16)22-5-2/h6-10,13H,4-5,11-12H2,1-3H3,(H2,19,20,21). The van der Waals surface area contributed by atoms with Crippen LogP contribution in [0.2, 0.25) is 0 Å². The number of ether oxygens (including phenoxy) is 1. The van der Waals surface area contributed by atoms with Gasteiger partial charge in [0.2, 0.25) is 0 Å².